The number of nitrogens with one attached hydrogen (secondary N) is 1. The highest BCUT2D eigenvalue weighted by molar-refractivity contribution is 7.84. The van der Waals surface area contributed by atoms with Gasteiger partial charge in [0.15, 0.2) is 0 Å². The Kier molecular flexibility index (Phi) is 7.83. The van der Waals surface area contributed by atoms with Gasteiger partial charge < -0.3 is 15.0 Å². The van der Waals surface area contributed by atoms with Crippen LogP contribution < -0.4 is 5.32 Å². The van der Waals surface area contributed by atoms with E-state index in [1.165, 1.54) is 0 Å². The van der Waals surface area contributed by atoms with Crippen molar-refractivity contribution < 1.29 is 13.7 Å². The van der Waals surface area contributed by atoms with Crippen molar-refractivity contribution in [1.82, 2.24) is 10.2 Å². The third-order valence-corrected chi connectivity index (χ3v) is 5.30. The molecule has 3 atom stereocenters. The van der Waals surface area contributed by atoms with Crippen LogP contribution >= 0.6 is 0 Å². The fourth-order valence-electron chi connectivity index (χ4n) is 2.51. The summed E-state index contributed by atoms with van der Waals surface area (Å²) in [6, 6.07) is 0.200. The molecule has 22 heavy (non-hydrogen) atoms. The highest BCUT2D eigenvalue weighted by atomic mass is 32.2. The van der Waals surface area contributed by atoms with Crippen molar-refractivity contribution in [2.24, 2.45) is 0 Å². The first-order valence-electron chi connectivity index (χ1n) is 8.23. The molecular weight excluding hydrogens is 300 g/mol. The molecule has 0 aromatic rings. The molecule has 0 aromatic carbocycles. The smallest absolute Gasteiger partial charge is 0.410 e. The van der Waals surface area contributed by atoms with E-state index < -0.39 is 16.4 Å². The molecule has 130 valence electrons. The quantitative estimate of drug-likeness (QED) is 0.759. The normalized spacial score (nSPS) is 22.2. The summed E-state index contributed by atoms with van der Waals surface area (Å²) >= 11 is 0. The molecule has 1 amide bonds. The molecule has 0 aromatic heterocycles. The van der Waals surface area contributed by atoms with Crippen molar-refractivity contribution in [1.29, 1.82) is 0 Å². The third-order valence-electron chi connectivity index (χ3n) is 3.93. The molecule has 1 fully saturated rings. The molecule has 0 spiro atoms. The zero-order valence-corrected chi connectivity index (χ0v) is 15.5. The standard InChI is InChI=1S/C16H32N2O3S/c1-13(22(5)20)9-10-17-12-14-8-6-7-11-18(14)15(19)21-16(2,3)4/h13-14,17H,6-12H2,1-5H3. The topological polar surface area (TPSA) is 58.6 Å². The number of piperidine rings is 1. The van der Waals surface area contributed by atoms with E-state index in [1.807, 2.05) is 32.6 Å². The van der Waals surface area contributed by atoms with E-state index in [-0.39, 0.29) is 17.4 Å². The monoisotopic (exact) mass is 332 g/mol. The lowest BCUT2D eigenvalue weighted by Gasteiger charge is -2.37. The van der Waals surface area contributed by atoms with Crippen molar-refractivity contribution in [3.05, 3.63) is 0 Å². The number of likely N-dealkylation sites (tertiary alicyclic amines) is 1. The Balaban J connectivity index is 2.42. The Morgan fingerprint density at radius 1 is 1.41 bits per heavy atom. The number of hydrogen-bond donors (Lipinski definition) is 1. The fraction of sp³-hybridized carbons (Fsp3) is 0.938. The van der Waals surface area contributed by atoms with E-state index in [4.69, 9.17) is 4.74 Å². The second kappa shape index (κ2) is 8.87. The van der Waals surface area contributed by atoms with Crippen molar-refractivity contribution in [3.63, 3.8) is 0 Å². The number of amides is 1. The van der Waals surface area contributed by atoms with Crippen LogP contribution in [0.2, 0.25) is 0 Å². The number of rotatable bonds is 6. The van der Waals surface area contributed by atoms with Crippen LogP contribution in [0.4, 0.5) is 4.79 Å². The molecule has 1 rings (SSSR count). The van der Waals surface area contributed by atoms with Gasteiger partial charge in [0.1, 0.15) is 5.60 Å². The number of nitrogens with zero attached hydrogens (tertiary/aromatic N) is 1. The average molecular weight is 333 g/mol. The Morgan fingerprint density at radius 2 is 2.09 bits per heavy atom. The molecule has 1 N–H and O–H groups in total. The van der Waals surface area contributed by atoms with E-state index in [2.05, 4.69) is 5.32 Å². The maximum Gasteiger partial charge on any atom is 0.410 e. The lowest BCUT2D eigenvalue weighted by Crippen LogP contribution is -2.50. The van der Waals surface area contributed by atoms with Crippen LogP contribution in [-0.4, -0.2) is 58.0 Å². The first kappa shape index (κ1) is 19.4. The molecule has 0 saturated carbocycles. The number of hydrogen-bond acceptors (Lipinski definition) is 4. The Bertz CT molecular complexity index is 382. The van der Waals surface area contributed by atoms with Gasteiger partial charge in [0, 0.05) is 41.4 Å². The van der Waals surface area contributed by atoms with Gasteiger partial charge in [-0.25, -0.2) is 4.79 Å². The van der Waals surface area contributed by atoms with Gasteiger partial charge in [0.05, 0.1) is 0 Å². The first-order valence-corrected chi connectivity index (χ1v) is 9.85. The zero-order valence-electron chi connectivity index (χ0n) is 14.7. The summed E-state index contributed by atoms with van der Waals surface area (Å²) in [5, 5.41) is 3.61. The Hall–Kier alpha value is -0.620. The van der Waals surface area contributed by atoms with E-state index in [1.54, 1.807) is 6.26 Å². The van der Waals surface area contributed by atoms with Gasteiger partial charge in [0.2, 0.25) is 0 Å². The SMILES string of the molecule is CC(CCNCC1CCCCN1C(=O)OC(C)(C)C)S(C)=O. The Morgan fingerprint density at radius 3 is 2.68 bits per heavy atom. The molecular formula is C16H32N2O3S. The lowest BCUT2D eigenvalue weighted by molar-refractivity contribution is 0.00998. The minimum Gasteiger partial charge on any atom is -0.444 e. The van der Waals surface area contributed by atoms with Gasteiger partial charge in [0.25, 0.3) is 0 Å². The highest BCUT2D eigenvalue weighted by Gasteiger charge is 2.30. The van der Waals surface area contributed by atoms with Crippen LogP contribution in [0, 0.1) is 0 Å². The van der Waals surface area contributed by atoms with Crippen molar-refractivity contribution in [2.75, 3.05) is 25.9 Å². The summed E-state index contributed by atoms with van der Waals surface area (Å²) in [6.07, 6.45) is 5.64. The fourth-order valence-corrected chi connectivity index (χ4v) is 2.96. The molecule has 1 aliphatic heterocycles. The van der Waals surface area contributed by atoms with E-state index in [0.717, 1.165) is 45.3 Å². The molecule has 1 heterocycles. The summed E-state index contributed by atoms with van der Waals surface area (Å²) < 4.78 is 16.8. The minimum atomic E-state index is -0.769. The number of carbonyl (C=O) groups is 1. The zero-order chi connectivity index (χ0) is 16.8. The van der Waals surface area contributed by atoms with Crippen LogP contribution in [0.5, 0.6) is 0 Å². The summed E-state index contributed by atoms with van der Waals surface area (Å²) in [4.78, 5) is 14.2. The summed E-state index contributed by atoms with van der Waals surface area (Å²) in [7, 11) is -0.769. The van der Waals surface area contributed by atoms with Gasteiger partial charge in [-0.2, -0.15) is 0 Å². The van der Waals surface area contributed by atoms with Gasteiger partial charge in [-0.1, -0.05) is 6.92 Å². The second-order valence-electron chi connectivity index (χ2n) is 7.13. The summed E-state index contributed by atoms with van der Waals surface area (Å²) in [5.41, 5.74) is -0.451. The van der Waals surface area contributed by atoms with E-state index in [9.17, 15) is 9.00 Å². The van der Waals surface area contributed by atoms with E-state index >= 15 is 0 Å². The molecule has 5 nitrogen and oxygen atoms in total. The van der Waals surface area contributed by atoms with Crippen molar-refractivity contribution >= 4 is 16.9 Å². The van der Waals surface area contributed by atoms with Gasteiger partial charge in [-0.15, -0.1) is 0 Å². The molecule has 1 aliphatic rings. The molecule has 0 radical (unpaired) electrons. The molecule has 1 saturated heterocycles. The van der Waals surface area contributed by atoms with Crippen LogP contribution in [0.25, 0.3) is 0 Å². The molecule has 3 unspecified atom stereocenters. The van der Waals surface area contributed by atoms with Crippen LogP contribution in [-0.2, 0) is 15.5 Å². The maximum atomic E-state index is 12.3. The third kappa shape index (κ3) is 7.09. The van der Waals surface area contributed by atoms with Gasteiger partial charge in [-0.3, -0.25) is 4.21 Å². The van der Waals surface area contributed by atoms with Gasteiger partial charge in [-0.05, 0) is 53.0 Å². The summed E-state index contributed by atoms with van der Waals surface area (Å²) in [6.45, 7) is 10.1. The minimum absolute atomic E-state index is 0.200. The van der Waals surface area contributed by atoms with E-state index in [0.29, 0.717) is 0 Å². The maximum absolute atomic E-state index is 12.3. The first-order chi connectivity index (χ1) is 10.2. The van der Waals surface area contributed by atoms with Crippen LogP contribution in [0.3, 0.4) is 0 Å². The lowest BCUT2D eigenvalue weighted by atomic mass is 10.0. The molecule has 6 heteroatoms. The van der Waals surface area contributed by atoms with Crippen LogP contribution in [0.1, 0.15) is 53.4 Å². The average Bonchev–Trinajstić information content (AvgIpc) is 2.41. The molecule has 0 bridgehead atoms. The van der Waals surface area contributed by atoms with Gasteiger partial charge >= 0.3 is 6.09 Å². The molecule has 0 aliphatic carbocycles. The largest absolute Gasteiger partial charge is 0.444 e. The van der Waals surface area contributed by atoms with Crippen molar-refractivity contribution in [2.45, 2.75) is 70.3 Å². The van der Waals surface area contributed by atoms with Crippen LogP contribution in [0.15, 0.2) is 0 Å². The predicted molar refractivity (Wildman–Crippen MR) is 91.6 cm³/mol. The summed E-state index contributed by atoms with van der Waals surface area (Å²) in [5.74, 6) is 0. The van der Waals surface area contributed by atoms with Crippen molar-refractivity contribution in [3.8, 4) is 0 Å². The number of ether oxygens (including phenoxy) is 1. The number of carbonyl (C=O) groups excluding carboxylic acids is 1. The second-order valence-corrected chi connectivity index (χ2v) is 8.93. The predicted octanol–water partition coefficient (Wildman–Crippen LogP) is 2.52. The Labute approximate surface area is 137 Å². The highest BCUT2D eigenvalue weighted by Crippen LogP contribution is 2.20.